The monoisotopic (exact) mass is 639 g/mol. The van der Waals surface area contributed by atoms with Crippen molar-refractivity contribution in [1.29, 1.82) is 0 Å². The molecule has 258 valence electrons. The molecular formula is C34H57NO10. The number of hydrogen-bond acceptors (Lipinski definition) is 11. The number of aliphatic hydroxyl groups excluding tert-OH is 3. The Hall–Kier alpha value is -1.73. The standard InChI is InChI=1S/C34H57NO10/c1-10-28-22(6)32-34(7,45-32)12-11-26(38)18(2)13-23(16-24(37)14-19(3)36)31(21(5)27(39)17-29(40)43-28)44-33-30(41)25(35(8)9)15-20(4)42-33/h11-12,18,20-25,27-28,30-33,37,39,41H,10,13-17H2,1-9H3. The zero-order valence-electron chi connectivity index (χ0n) is 28.5. The first kappa shape index (κ1) is 37.7. The van der Waals surface area contributed by atoms with Gasteiger partial charge in [0.2, 0.25) is 0 Å². The highest BCUT2D eigenvalue weighted by Gasteiger charge is 2.55. The van der Waals surface area contributed by atoms with Crippen LogP contribution >= 0.6 is 0 Å². The molecule has 11 heteroatoms. The molecule has 0 amide bonds. The molecule has 0 bridgehead atoms. The topological polar surface area (TPSA) is 155 Å². The highest BCUT2D eigenvalue weighted by atomic mass is 16.7. The van der Waals surface area contributed by atoms with Gasteiger partial charge in [-0.25, -0.2) is 0 Å². The lowest BCUT2D eigenvalue weighted by atomic mass is 9.78. The second kappa shape index (κ2) is 15.9. The number of rotatable bonds is 8. The maximum atomic E-state index is 13.4. The van der Waals surface area contributed by atoms with Gasteiger partial charge in [-0.15, -0.1) is 0 Å². The molecule has 3 aliphatic rings. The van der Waals surface area contributed by atoms with Crippen LogP contribution < -0.4 is 0 Å². The highest BCUT2D eigenvalue weighted by Crippen LogP contribution is 2.45. The molecule has 14 atom stereocenters. The van der Waals surface area contributed by atoms with Crippen LogP contribution in [0.3, 0.4) is 0 Å². The van der Waals surface area contributed by atoms with Crippen molar-refractivity contribution in [1.82, 2.24) is 4.90 Å². The maximum absolute atomic E-state index is 13.4. The van der Waals surface area contributed by atoms with Crippen molar-refractivity contribution in [2.45, 2.75) is 148 Å². The van der Waals surface area contributed by atoms with E-state index in [0.29, 0.717) is 12.8 Å². The average molecular weight is 640 g/mol. The molecule has 45 heavy (non-hydrogen) atoms. The molecule has 14 unspecified atom stereocenters. The van der Waals surface area contributed by atoms with Gasteiger partial charge in [0.05, 0.1) is 36.9 Å². The summed E-state index contributed by atoms with van der Waals surface area (Å²) < 4.78 is 24.5. The van der Waals surface area contributed by atoms with E-state index in [4.69, 9.17) is 18.9 Å². The Bertz CT molecular complexity index is 1050. The normalized spacial score (nSPS) is 42.6. The average Bonchev–Trinajstić information content (AvgIpc) is 3.63. The maximum Gasteiger partial charge on any atom is 0.308 e. The Morgan fingerprint density at radius 2 is 1.80 bits per heavy atom. The van der Waals surface area contributed by atoms with E-state index in [1.807, 2.05) is 46.7 Å². The Morgan fingerprint density at radius 3 is 2.40 bits per heavy atom. The second-order valence-electron chi connectivity index (χ2n) is 14.2. The molecule has 3 heterocycles. The first-order chi connectivity index (χ1) is 21.0. The lowest BCUT2D eigenvalue weighted by molar-refractivity contribution is -0.284. The summed E-state index contributed by atoms with van der Waals surface area (Å²) in [6.07, 6.45) is -1.65. The van der Waals surface area contributed by atoms with Gasteiger partial charge < -0.3 is 39.2 Å². The van der Waals surface area contributed by atoms with Crippen LogP contribution in [0.15, 0.2) is 12.2 Å². The summed E-state index contributed by atoms with van der Waals surface area (Å²) in [7, 11) is 3.74. The zero-order valence-corrected chi connectivity index (χ0v) is 28.5. The number of carbonyl (C=O) groups is 3. The second-order valence-corrected chi connectivity index (χ2v) is 14.2. The van der Waals surface area contributed by atoms with Gasteiger partial charge in [-0.05, 0) is 78.6 Å². The van der Waals surface area contributed by atoms with E-state index in [0.717, 1.165) is 0 Å². The summed E-state index contributed by atoms with van der Waals surface area (Å²) >= 11 is 0. The van der Waals surface area contributed by atoms with Crippen LogP contribution in [-0.4, -0.2) is 113 Å². The molecule has 0 aromatic rings. The Morgan fingerprint density at radius 1 is 1.13 bits per heavy atom. The molecule has 0 radical (unpaired) electrons. The summed E-state index contributed by atoms with van der Waals surface area (Å²) in [5, 5.41) is 33.7. The van der Waals surface area contributed by atoms with Crippen LogP contribution in [0.4, 0.5) is 0 Å². The SMILES string of the molecule is CCC1OC(=O)CC(O)C(C)C(OC2OC(C)CC(N(C)C)C2O)C(CC(O)CC(C)=O)CC(C)C(=O)C=CC2(C)OC2C1C. The number of Topliss-reactive ketones (excluding diaryl/α,β-unsaturated/α-hetero) is 1. The summed E-state index contributed by atoms with van der Waals surface area (Å²) in [6.45, 7) is 12.6. The van der Waals surface area contributed by atoms with Gasteiger partial charge in [-0.2, -0.15) is 0 Å². The van der Waals surface area contributed by atoms with Crippen molar-refractivity contribution in [2.24, 2.45) is 23.7 Å². The van der Waals surface area contributed by atoms with E-state index >= 15 is 0 Å². The van der Waals surface area contributed by atoms with E-state index < -0.39 is 66.1 Å². The molecule has 3 N–H and O–H groups in total. The first-order valence-corrected chi connectivity index (χ1v) is 16.6. The third-order valence-corrected chi connectivity index (χ3v) is 9.99. The number of hydrogen-bond donors (Lipinski definition) is 3. The number of epoxide rings is 1. The van der Waals surface area contributed by atoms with Crippen molar-refractivity contribution in [3.8, 4) is 0 Å². The fourth-order valence-corrected chi connectivity index (χ4v) is 7.14. The fraction of sp³-hybridized carbons (Fsp3) is 0.853. The van der Waals surface area contributed by atoms with Crippen LogP contribution in [0.25, 0.3) is 0 Å². The lowest BCUT2D eigenvalue weighted by Crippen LogP contribution is -2.56. The number of aliphatic hydroxyl groups is 3. The summed E-state index contributed by atoms with van der Waals surface area (Å²) in [5.41, 5.74) is -0.670. The molecule has 0 aromatic heterocycles. The van der Waals surface area contributed by atoms with Crippen molar-refractivity contribution >= 4 is 17.5 Å². The molecule has 2 fully saturated rings. The Kier molecular flexibility index (Phi) is 13.3. The third-order valence-electron chi connectivity index (χ3n) is 9.99. The molecular weight excluding hydrogens is 582 g/mol. The van der Waals surface area contributed by atoms with E-state index in [-0.39, 0.29) is 61.4 Å². The number of fused-ring (bicyclic) bond motifs is 1. The van der Waals surface area contributed by atoms with Crippen LogP contribution in [0.5, 0.6) is 0 Å². The van der Waals surface area contributed by atoms with E-state index in [1.165, 1.54) is 13.0 Å². The first-order valence-electron chi connectivity index (χ1n) is 16.6. The van der Waals surface area contributed by atoms with Gasteiger partial charge in [-0.1, -0.05) is 27.7 Å². The fourth-order valence-electron chi connectivity index (χ4n) is 7.14. The minimum atomic E-state index is -1.20. The predicted octanol–water partition coefficient (Wildman–Crippen LogP) is 2.81. The molecule has 0 spiro atoms. The number of cyclic esters (lactones) is 1. The van der Waals surface area contributed by atoms with Gasteiger partial charge in [0.15, 0.2) is 12.1 Å². The van der Waals surface area contributed by atoms with Crippen LogP contribution in [0, 0.1) is 23.7 Å². The summed E-state index contributed by atoms with van der Waals surface area (Å²) in [4.78, 5) is 40.4. The third kappa shape index (κ3) is 9.89. The molecule has 0 saturated carbocycles. The van der Waals surface area contributed by atoms with Crippen molar-refractivity contribution < 1.29 is 48.7 Å². The van der Waals surface area contributed by atoms with Crippen LogP contribution in [0.2, 0.25) is 0 Å². The van der Waals surface area contributed by atoms with Gasteiger partial charge >= 0.3 is 5.97 Å². The van der Waals surface area contributed by atoms with Crippen LogP contribution in [0.1, 0.15) is 87.0 Å². The van der Waals surface area contributed by atoms with E-state index in [2.05, 4.69) is 0 Å². The Labute approximate surface area is 268 Å². The van der Waals surface area contributed by atoms with E-state index in [9.17, 15) is 29.7 Å². The minimum Gasteiger partial charge on any atom is -0.462 e. The molecule has 0 aromatic carbocycles. The van der Waals surface area contributed by atoms with Crippen molar-refractivity contribution in [3.05, 3.63) is 12.2 Å². The van der Waals surface area contributed by atoms with Gasteiger partial charge in [0, 0.05) is 30.2 Å². The number of likely N-dealkylation sites (N-methyl/N-ethyl adjacent to an activating group) is 1. The summed E-state index contributed by atoms with van der Waals surface area (Å²) in [5.74, 6) is -2.75. The molecule has 2 saturated heterocycles. The summed E-state index contributed by atoms with van der Waals surface area (Å²) in [6, 6.07) is -0.254. The molecule has 3 rings (SSSR count). The number of allylic oxidation sites excluding steroid dienone is 1. The lowest BCUT2D eigenvalue weighted by Gasteiger charge is -2.44. The number of nitrogens with zero attached hydrogens (tertiary/aromatic N) is 1. The van der Waals surface area contributed by atoms with Crippen molar-refractivity contribution in [3.63, 3.8) is 0 Å². The van der Waals surface area contributed by atoms with E-state index in [1.54, 1.807) is 19.9 Å². The zero-order chi connectivity index (χ0) is 33.8. The molecule has 0 aliphatic carbocycles. The number of carbonyl (C=O) groups excluding carboxylic acids is 3. The Balaban J connectivity index is 2.02. The quantitative estimate of drug-likeness (QED) is 0.265. The molecule has 11 nitrogen and oxygen atoms in total. The molecule has 3 aliphatic heterocycles. The minimum absolute atomic E-state index is 0.0787. The van der Waals surface area contributed by atoms with Crippen molar-refractivity contribution in [2.75, 3.05) is 14.1 Å². The van der Waals surface area contributed by atoms with Gasteiger partial charge in [-0.3, -0.25) is 14.4 Å². The van der Waals surface area contributed by atoms with Gasteiger partial charge in [0.25, 0.3) is 0 Å². The smallest absolute Gasteiger partial charge is 0.308 e. The number of ketones is 2. The predicted molar refractivity (Wildman–Crippen MR) is 167 cm³/mol. The van der Waals surface area contributed by atoms with Crippen LogP contribution in [-0.2, 0) is 33.3 Å². The number of esters is 1. The highest BCUT2D eigenvalue weighted by molar-refractivity contribution is 5.91. The van der Waals surface area contributed by atoms with Gasteiger partial charge in [0.1, 0.15) is 23.6 Å². The number of ether oxygens (including phenoxy) is 4. The largest absolute Gasteiger partial charge is 0.462 e.